The predicted octanol–water partition coefficient (Wildman–Crippen LogP) is 1.75. The zero-order chi connectivity index (χ0) is 15.3. The molecule has 1 aromatic carbocycles. The number of benzene rings is 1. The lowest BCUT2D eigenvalue weighted by molar-refractivity contribution is 0.238. The van der Waals surface area contributed by atoms with E-state index in [0.717, 1.165) is 25.9 Å². The third-order valence-corrected chi connectivity index (χ3v) is 5.24. The summed E-state index contributed by atoms with van der Waals surface area (Å²) in [5.41, 5.74) is -0.0173. The van der Waals surface area contributed by atoms with E-state index in [9.17, 15) is 8.42 Å². The fourth-order valence-electron chi connectivity index (χ4n) is 2.50. The van der Waals surface area contributed by atoms with Crippen molar-refractivity contribution in [2.24, 2.45) is 5.41 Å². The highest BCUT2D eigenvalue weighted by molar-refractivity contribution is 7.89. The molecule has 2 rings (SSSR count). The summed E-state index contributed by atoms with van der Waals surface area (Å²) in [6.07, 6.45) is 2.12. The van der Waals surface area contributed by atoms with Gasteiger partial charge in [0.05, 0.1) is 11.5 Å². The van der Waals surface area contributed by atoms with E-state index < -0.39 is 10.0 Å². The number of ether oxygens (including phenoxy) is 1. The van der Waals surface area contributed by atoms with Crippen LogP contribution in [0, 0.1) is 5.41 Å². The second-order valence-electron chi connectivity index (χ2n) is 5.82. The minimum atomic E-state index is -3.46. The van der Waals surface area contributed by atoms with Crippen molar-refractivity contribution >= 4 is 10.0 Å². The predicted molar refractivity (Wildman–Crippen MR) is 83.0 cm³/mol. The van der Waals surface area contributed by atoms with E-state index in [-0.39, 0.29) is 10.3 Å². The smallest absolute Gasteiger partial charge is 0.240 e. The summed E-state index contributed by atoms with van der Waals surface area (Å²) in [4.78, 5) is 0.276. The molecule has 21 heavy (non-hydrogen) atoms. The zero-order valence-corrected chi connectivity index (χ0v) is 13.5. The van der Waals surface area contributed by atoms with Gasteiger partial charge in [-0.25, -0.2) is 13.1 Å². The van der Waals surface area contributed by atoms with Crippen molar-refractivity contribution in [1.29, 1.82) is 0 Å². The number of hydrogen-bond donors (Lipinski definition) is 2. The molecule has 1 fully saturated rings. The summed E-state index contributed by atoms with van der Waals surface area (Å²) < 4.78 is 32.7. The molecule has 1 saturated heterocycles. The molecule has 1 aliphatic rings. The van der Waals surface area contributed by atoms with Crippen molar-refractivity contribution in [2.75, 3.05) is 26.2 Å². The molecule has 118 valence electrons. The molecule has 0 spiro atoms. The van der Waals surface area contributed by atoms with Gasteiger partial charge in [-0.05, 0) is 56.0 Å². The van der Waals surface area contributed by atoms with Crippen molar-refractivity contribution in [3.8, 4) is 5.75 Å². The summed E-state index contributed by atoms with van der Waals surface area (Å²) in [7, 11) is -3.46. The number of rotatable bonds is 6. The van der Waals surface area contributed by atoms with Crippen molar-refractivity contribution in [3.63, 3.8) is 0 Å². The average Bonchev–Trinajstić information content (AvgIpc) is 2.47. The molecule has 0 bridgehead atoms. The number of nitrogens with one attached hydrogen (secondary N) is 2. The molecule has 0 amide bonds. The van der Waals surface area contributed by atoms with Gasteiger partial charge < -0.3 is 10.1 Å². The minimum Gasteiger partial charge on any atom is -0.494 e. The van der Waals surface area contributed by atoms with Gasteiger partial charge in [0.1, 0.15) is 5.75 Å². The highest BCUT2D eigenvalue weighted by Gasteiger charge is 2.28. The largest absolute Gasteiger partial charge is 0.494 e. The van der Waals surface area contributed by atoms with Crippen molar-refractivity contribution in [2.45, 2.75) is 31.6 Å². The molecule has 2 N–H and O–H groups in total. The van der Waals surface area contributed by atoms with Gasteiger partial charge in [-0.2, -0.15) is 0 Å². The zero-order valence-electron chi connectivity index (χ0n) is 12.7. The number of hydrogen-bond acceptors (Lipinski definition) is 4. The van der Waals surface area contributed by atoms with Crippen LogP contribution in [0.25, 0.3) is 0 Å². The maximum atomic E-state index is 12.3. The lowest BCUT2D eigenvalue weighted by Gasteiger charge is -2.34. The summed E-state index contributed by atoms with van der Waals surface area (Å²) >= 11 is 0. The van der Waals surface area contributed by atoms with Gasteiger partial charge in [0.2, 0.25) is 10.0 Å². The van der Waals surface area contributed by atoms with E-state index >= 15 is 0 Å². The van der Waals surface area contributed by atoms with E-state index in [1.807, 2.05) is 6.92 Å². The third kappa shape index (κ3) is 4.43. The van der Waals surface area contributed by atoms with Crippen molar-refractivity contribution < 1.29 is 13.2 Å². The van der Waals surface area contributed by atoms with Crippen LogP contribution in [0.3, 0.4) is 0 Å². The Morgan fingerprint density at radius 1 is 1.33 bits per heavy atom. The van der Waals surface area contributed by atoms with Gasteiger partial charge in [-0.15, -0.1) is 0 Å². The Morgan fingerprint density at radius 3 is 2.62 bits per heavy atom. The molecule has 1 unspecified atom stereocenters. The van der Waals surface area contributed by atoms with Crippen LogP contribution >= 0.6 is 0 Å². The topological polar surface area (TPSA) is 67.4 Å². The van der Waals surface area contributed by atoms with Crippen LogP contribution in [0.5, 0.6) is 5.75 Å². The molecule has 1 atom stereocenters. The first kappa shape index (κ1) is 16.3. The van der Waals surface area contributed by atoms with Gasteiger partial charge in [-0.3, -0.25) is 0 Å². The second-order valence-corrected chi connectivity index (χ2v) is 7.59. The Bertz CT molecular complexity index is 549. The van der Waals surface area contributed by atoms with Crippen LogP contribution in [0.4, 0.5) is 0 Å². The van der Waals surface area contributed by atoms with Crippen LogP contribution < -0.4 is 14.8 Å². The van der Waals surface area contributed by atoms with E-state index in [1.165, 1.54) is 0 Å². The van der Waals surface area contributed by atoms with E-state index in [2.05, 4.69) is 17.0 Å². The molecule has 5 nitrogen and oxygen atoms in total. The number of sulfonamides is 1. The third-order valence-electron chi connectivity index (χ3n) is 3.82. The maximum absolute atomic E-state index is 12.3. The first-order chi connectivity index (χ1) is 9.95. The Hall–Kier alpha value is -1.11. The van der Waals surface area contributed by atoms with Crippen LogP contribution in [0.15, 0.2) is 29.2 Å². The normalized spacial score (nSPS) is 23.0. The molecule has 1 aromatic rings. The Morgan fingerprint density at radius 2 is 2.05 bits per heavy atom. The fraction of sp³-hybridized carbons (Fsp3) is 0.600. The van der Waals surface area contributed by atoms with Gasteiger partial charge >= 0.3 is 0 Å². The molecule has 1 aliphatic heterocycles. The summed E-state index contributed by atoms with van der Waals surface area (Å²) in [5, 5.41) is 3.32. The molecule has 0 aliphatic carbocycles. The first-order valence-corrected chi connectivity index (χ1v) is 8.87. The number of piperidine rings is 1. The van der Waals surface area contributed by atoms with E-state index in [4.69, 9.17) is 4.74 Å². The summed E-state index contributed by atoms with van der Waals surface area (Å²) in [6, 6.07) is 6.52. The molecular formula is C15H24N2O3S. The van der Waals surface area contributed by atoms with Gasteiger partial charge in [-0.1, -0.05) is 6.92 Å². The second kappa shape index (κ2) is 6.77. The summed E-state index contributed by atoms with van der Waals surface area (Å²) in [5.74, 6) is 0.680. The monoisotopic (exact) mass is 312 g/mol. The average molecular weight is 312 g/mol. The van der Waals surface area contributed by atoms with Crippen LogP contribution in [-0.4, -0.2) is 34.7 Å². The van der Waals surface area contributed by atoms with Gasteiger partial charge in [0.25, 0.3) is 0 Å². The highest BCUT2D eigenvalue weighted by Crippen LogP contribution is 2.25. The lowest BCUT2D eigenvalue weighted by atomic mass is 9.83. The molecule has 1 heterocycles. The highest BCUT2D eigenvalue weighted by atomic mass is 32.2. The maximum Gasteiger partial charge on any atom is 0.240 e. The Kier molecular flexibility index (Phi) is 5.24. The van der Waals surface area contributed by atoms with Crippen molar-refractivity contribution in [3.05, 3.63) is 24.3 Å². The lowest BCUT2D eigenvalue weighted by Crippen LogP contribution is -2.45. The Balaban J connectivity index is 2.00. The SMILES string of the molecule is CCOc1ccc(S(=O)(=O)NCC2(C)CCCNC2)cc1. The van der Waals surface area contributed by atoms with Gasteiger partial charge in [0, 0.05) is 13.1 Å². The molecule has 0 aromatic heterocycles. The van der Waals surface area contributed by atoms with Crippen LogP contribution in [0.2, 0.25) is 0 Å². The van der Waals surface area contributed by atoms with E-state index in [0.29, 0.717) is 18.9 Å². The van der Waals surface area contributed by atoms with Crippen LogP contribution in [0.1, 0.15) is 26.7 Å². The Labute approximate surface area is 127 Å². The fourth-order valence-corrected chi connectivity index (χ4v) is 3.70. The summed E-state index contributed by atoms with van der Waals surface area (Å²) in [6.45, 7) is 6.89. The minimum absolute atomic E-state index is 0.0173. The van der Waals surface area contributed by atoms with Crippen LogP contribution in [-0.2, 0) is 10.0 Å². The molecular weight excluding hydrogens is 288 g/mol. The van der Waals surface area contributed by atoms with E-state index in [1.54, 1.807) is 24.3 Å². The standard InChI is InChI=1S/C15H24N2O3S/c1-3-20-13-5-7-14(8-6-13)21(18,19)17-12-15(2)9-4-10-16-11-15/h5-8,16-17H,3-4,9-12H2,1-2H3. The molecule has 0 saturated carbocycles. The quantitative estimate of drug-likeness (QED) is 0.840. The van der Waals surface area contributed by atoms with Gasteiger partial charge in [0.15, 0.2) is 0 Å². The van der Waals surface area contributed by atoms with Crippen molar-refractivity contribution in [1.82, 2.24) is 10.0 Å². The molecule has 6 heteroatoms. The first-order valence-electron chi connectivity index (χ1n) is 7.38. The molecule has 0 radical (unpaired) electrons.